The van der Waals surface area contributed by atoms with Gasteiger partial charge in [0.25, 0.3) is 0 Å². The van der Waals surface area contributed by atoms with Crippen LogP contribution in [-0.4, -0.2) is 36.8 Å². The molecule has 1 heterocycles. The minimum atomic E-state index is -0.181. The summed E-state index contributed by atoms with van der Waals surface area (Å²) in [6, 6.07) is 9.81. The Morgan fingerprint density at radius 3 is 2.71 bits per heavy atom. The molecular formula is C17H24N2O2. The Hall–Kier alpha value is -1.39. The van der Waals surface area contributed by atoms with E-state index in [0.717, 1.165) is 37.9 Å². The molecule has 1 aromatic rings. The highest BCUT2D eigenvalue weighted by Gasteiger charge is 2.57. The van der Waals surface area contributed by atoms with E-state index in [1.54, 1.807) is 0 Å². The predicted octanol–water partition coefficient (Wildman–Crippen LogP) is 1.10. The molecule has 1 saturated carbocycles. The summed E-state index contributed by atoms with van der Waals surface area (Å²) in [6.45, 7) is 2.04. The Morgan fingerprint density at radius 1 is 1.33 bits per heavy atom. The average Bonchev–Trinajstić information content (AvgIpc) is 3.21. The van der Waals surface area contributed by atoms with Gasteiger partial charge in [-0.15, -0.1) is 0 Å². The van der Waals surface area contributed by atoms with Crippen LogP contribution in [0.15, 0.2) is 30.3 Å². The molecule has 4 nitrogen and oxygen atoms in total. The van der Waals surface area contributed by atoms with Crippen LogP contribution in [0, 0.1) is 11.3 Å². The summed E-state index contributed by atoms with van der Waals surface area (Å²) in [4.78, 5) is 12.4. The maximum atomic E-state index is 12.4. The molecule has 1 aliphatic heterocycles. The third kappa shape index (κ3) is 3.27. The van der Waals surface area contributed by atoms with Gasteiger partial charge in [-0.1, -0.05) is 30.3 Å². The molecule has 1 spiro atoms. The van der Waals surface area contributed by atoms with Crippen molar-refractivity contribution in [1.29, 1.82) is 0 Å². The smallest absolute Gasteiger partial charge is 0.224 e. The molecule has 1 saturated heterocycles. The summed E-state index contributed by atoms with van der Waals surface area (Å²) in [6.07, 6.45) is 3.91. The van der Waals surface area contributed by atoms with Gasteiger partial charge >= 0.3 is 0 Å². The van der Waals surface area contributed by atoms with Gasteiger partial charge in [-0.3, -0.25) is 4.79 Å². The van der Waals surface area contributed by atoms with Crippen molar-refractivity contribution in [3.05, 3.63) is 35.9 Å². The van der Waals surface area contributed by atoms with E-state index in [2.05, 4.69) is 10.6 Å². The zero-order valence-electron chi connectivity index (χ0n) is 12.3. The topological polar surface area (TPSA) is 61.4 Å². The first-order valence-corrected chi connectivity index (χ1v) is 7.89. The van der Waals surface area contributed by atoms with E-state index in [-0.39, 0.29) is 29.9 Å². The molecule has 1 aromatic carbocycles. The van der Waals surface area contributed by atoms with Crippen molar-refractivity contribution >= 4 is 5.91 Å². The second-order valence-electron chi connectivity index (χ2n) is 6.45. The van der Waals surface area contributed by atoms with Crippen LogP contribution < -0.4 is 10.6 Å². The van der Waals surface area contributed by atoms with Gasteiger partial charge in [-0.2, -0.15) is 0 Å². The van der Waals surface area contributed by atoms with E-state index in [0.29, 0.717) is 6.42 Å². The standard InChI is InChI=1S/C17H24N2O2/c20-12-14(10-13-4-2-1-3-5-13)19-16(21)15-11-17(15)6-8-18-9-7-17/h1-5,14-15,18,20H,6-12H2,(H,19,21). The van der Waals surface area contributed by atoms with E-state index in [4.69, 9.17) is 0 Å². The monoisotopic (exact) mass is 288 g/mol. The van der Waals surface area contributed by atoms with Crippen molar-refractivity contribution in [3.63, 3.8) is 0 Å². The Morgan fingerprint density at radius 2 is 2.05 bits per heavy atom. The minimum Gasteiger partial charge on any atom is -0.394 e. The van der Waals surface area contributed by atoms with Crippen LogP contribution in [0.2, 0.25) is 0 Å². The van der Waals surface area contributed by atoms with Crippen molar-refractivity contribution in [2.75, 3.05) is 19.7 Å². The van der Waals surface area contributed by atoms with E-state index < -0.39 is 0 Å². The van der Waals surface area contributed by atoms with Crippen LogP contribution in [0.3, 0.4) is 0 Å². The lowest BCUT2D eigenvalue weighted by Crippen LogP contribution is -2.41. The highest BCUT2D eigenvalue weighted by Crippen LogP contribution is 2.58. The van der Waals surface area contributed by atoms with Crippen LogP contribution >= 0.6 is 0 Å². The lowest BCUT2D eigenvalue weighted by molar-refractivity contribution is -0.124. The third-order valence-electron chi connectivity index (χ3n) is 5.00. The zero-order valence-corrected chi connectivity index (χ0v) is 12.3. The van der Waals surface area contributed by atoms with Crippen LogP contribution in [0.25, 0.3) is 0 Å². The van der Waals surface area contributed by atoms with Crippen molar-refractivity contribution in [1.82, 2.24) is 10.6 Å². The number of piperidine rings is 1. The van der Waals surface area contributed by atoms with Gasteiger partial charge in [0.15, 0.2) is 0 Å². The maximum absolute atomic E-state index is 12.4. The fourth-order valence-electron chi connectivity index (χ4n) is 3.56. The molecule has 2 aliphatic rings. The average molecular weight is 288 g/mol. The summed E-state index contributed by atoms with van der Waals surface area (Å²) in [7, 11) is 0. The number of hydrogen-bond acceptors (Lipinski definition) is 3. The molecule has 1 amide bonds. The number of carbonyl (C=O) groups excluding carboxylic acids is 1. The third-order valence-corrected chi connectivity index (χ3v) is 5.00. The molecule has 3 rings (SSSR count). The summed E-state index contributed by atoms with van der Waals surface area (Å²) in [5.74, 6) is 0.288. The molecule has 0 aromatic heterocycles. The molecule has 2 fully saturated rings. The Kier molecular flexibility index (Phi) is 4.27. The summed E-state index contributed by atoms with van der Waals surface area (Å²) < 4.78 is 0. The fourth-order valence-corrected chi connectivity index (χ4v) is 3.56. The maximum Gasteiger partial charge on any atom is 0.224 e. The molecule has 3 N–H and O–H groups in total. The quantitative estimate of drug-likeness (QED) is 0.760. The number of hydrogen-bond donors (Lipinski definition) is 3. The molecule has 2 atom stereocenters. The van der Waals surface area contributed by atoms with E-state index >= 15 is 0 Å². The second kappa shape index (κ2) is 6.16. The number of rotatable bonds is 5. The number of aliphatic hydroxyl groups excluding tert-OH is 1. The van der Waals surface area contributed by atoms with Gasteiger partial charge in [0.2, 0.25) is 5.91 Å². The van der Waals surface area contributed by atoms with Crippen molar-refractivity contribution in [2.45, 2.75) is 31.7 Å². The van der Waals surface area contributed by atoms with E-state index in [1.807, 2.05) is 30.3 Å². The molecule has 21 heavy (non-hydrogen) atoms. The molecule has 2 unspecified atom stereocenters. The molecule has 0 bridgehead atoms. The van der Waals surface area contributed by atoms with Crippen LogP contribution in [0.5, 0.6) is 0 Å². The first kappa shape index (κ1) is 14.5. The molecule has 4 heteroatoms. The summed E-state index contributed by atoms with van der Waals surface area (Å²) in [5, 5.41) is 15.9. The molecule has 114 valence electrons. The van der Waals surface area contributed by atoms with Crippen LogP contribution in [-0.2, 0) is 11.2 Å². The number of nitrogens with one attached hydrogen (secondary N) is 2. The summed E-state index contributed by atoms with van der Waals surface area (Å²) in [5.41, 5.74) is 1.39. The largest absolute Gasteiger partial charge is 0.394 e. The Balaban J connectivity index is 1.54. The lowest BCUT2D eigenvalue weighted by Gasteiger charge is -2.24. The molecule has 0 radical (unpaired) electrons. The van der Waals surface area contributed by atoms with Crippen molar-refractivity contribution in [2.24, 2.45) is 11.3 Å². The fraction of sp³-hybridized carbons (Fsp3) is 0.588. The minimum absolute atomic E-state index is 0.0120. The first-order valence-electron chi connectivity index (χ1n) is 7.89. The number of carbonyl (C=O) groups is 1. The van der Waals surface area contributed by atoms with Crippen molar-refractivity contribution < 1.29 is 9.90 Å². The van der Waals surface area contributed by atoms with Gasteiger partial charge in [0.05, 0.1) is 12.6 Å². The van der Waals surface area contributed by atoms with Gasteiger partial charge in [-0.25, -0.2) is 0 Å². The van der Waals surface area contributed by atoms with Gasteiger partial charge < -0.3 is 15.7 Å². The van der Waals surface area contributed by atoms with Gasteiger partial charge in [0, 0.05) is 5.92 Å². The molecule has 1 aliphatic carbocycles. The highest BCUT2D eigenvalue weighted by molar-refractivity contribution is 5.83. The van der Waals surface area contributed by atoms with E-state index in [1.165, 1.54) is 0 Å². The predicted molar refractivity (Wildman–Crippen MR) is 81.8 cm³/mol. The first-order chi connectivity index (χ1) is 10.2. The normalized spacial score (nSPS) is 24.5. The van der Waals surface area contributed by atoms with Crippen LogP contribution in [0.1, 0.15) is 24.8 Å². The Labute approximate surface area is 125 Å². The van der Waals surface area contributed by atoms with Crippen LogP contribution in [0.4, 0.5) is 0 Å². The highest BCUT2D eigenvalue weighted by atomic mass is 16.3. The van der Waals surface area contributed by atoms with Gasteiger partial charge in [0.1, 0.15) is 0 Å². The summed E-state index contributed by atoms with van der Waals surface area (Å²) >= 11 is 0. The van der Waals surface area contributed by atoms with Gasteiger partial charge in [-0.05, 0) is 49.8 Å². The molecular weight excluding hydrogens is 264 g/mol. The number of benzene rings is 1. The Bertz CT molecular complexity index is 483. The van der Waals surface area contributed by atoms with Crippen molar-refractivity contribution in [3.8, 4) is 0 Å². The number of aliphatic hydroxyl groups is 1. The second-order valence-corrected chi connectivity index (χ2v) is 6.45. The van der Waals surface area contributed by atoms with E-state index in [9.17, 15) is 9.90 Å². The number of amides is 1. The SMILES string of the molecule is O=C(NC(CO)Cc1ccccc1)C1CC12CCNCC2. The lowest BCUT2D eigenvalue weighted by atomic mass is 9.91. The zero-order chi connectivity index (χ0) is 14.7.